The number of methoxy groups -OCH3 is 1. The van der Waals surface area contributed by atoms with Crippen LogP contribution in [-0.2, 0) is 43.9 Å². The van der Waals surface area contributed by atoms with Crippen molar-refractivity contribution < 1.29 is 33.5 Å². The number of fused-ring (bicyclic) bond motifs is 1. The van der Waals surface area contributed by atoms with Crippen molar-refractivity contribution in [2.45, 2.75) is 84.1 Å². The van der Waals surface area contributed by atoms with Gasteiger partial charge in [0.25, 0.3) is 5.91 Å². The van der Waals surface area contributed by atoms with Gasteiger partial charge in [-0.25, -0.2) is 0 Å². The van der Waals surface area contributed by atoms with Crippen LogP contribution in [0.5, 0.6) is 5.75 Å². The second-order valence-corrected chi connectivity index (χ2v) is 16.4. The quantitative estimate of drug-likeness (QED) is 0.149. The van der Waals surface area contributed by atoms with Gasteiger partial charge >= 0.3 is 0 Å². The van der Waals surface area contributed by atoms with E-state index >= 15 is 0 Å². The van der Waals surface area contributed by atoms with Gasteiger partial charge in [-0.3, -0.25) is 28.8 Å². The largest absolute Gasteiger partial charge is 0.497 e. The van der Waals surface area contributed by atoms with Crippen molar-refractivity contribution in [1.29, 1.82) is 0 Å². The molecular formula is C43H55ClN8O7. The Kier molecular flexibility index (Phi) is 14.8. The molecule has 15 nitrogen and oxygen atoms in total. The molecule has 1 aliphatic heterocycles. The van der Waals surface area contributed by atoms with Crippen molar-refractivity contribution in [3.05, 3.63) is 88.8 Å². The number of nitrogens with zero attached hydrogens (tertiary/aromatic N) is 2. The number of hydrogen-bond acceptors (Lipinski definition) is 7. The van der Waals surface area contributed by atoms with Crippen LogP contribution in [0.25, 0.3) is 10.9 Å². The highest BCUT2D eigenvalue weighted by Crippen LogP contribution is 2.21. The van der Waals surface area contributed by atoms with Gasteiger partial charge in [0.2, 0.25) is 29.5 Å². The van der Waals surface area contributed by atoms with Crippen LogP contribution < -0.4 is 31.3 Å². The average molecular weight is 831 g/mol. The van der Waals surface area contributed by atoms with Gasteiger partial charge in [0, 0.05) is 55.8 Å². The summed E-state index contributed by atoms with van der Waals surface area (Å²) in [4.78, 5) is 89.2. The molecule has 1 saturated heterocycles. The molecule has 0 saturated carbocycles. The molecule has 5 rings (SSSR count). The fourth-order valence-electron chi connectivity index (χ4n) is 7.06. The number of aromatic amines is 1. The molecule has 16 heteroatoms. The highest BCUT2D eigenvalue weighted by molar-refractivity contribution is 6.31. The molecule has 2 aromatic heterocycles. The number of carbonyl (C=O) groups excluding carboxylic acids is 6. The van der Waals surface area contributed by atoms with Gasteiger partial charge in [0.15, 0.2) is 0 Å². The van der Waals surface area contributed by atoms with Crippen LogP contribution >= 0.6 is 11.6 Å². The minimum atomic E-state index is -1.19. The van der Waals surface area contributed by atoms with E-state index in [9.17, 15) is 28.8 Å². The van der Waals surface area contributed by atoms with E-state index in [0.717, 1.165) is 16.5 Å². The summed E-state index contributed by atoms with van der Waals surface area (Å²) in [6, 6.07) is 10.9. The molecule has 0 radical (unpaired) electrons. The predicted molar refractivity (Wildman–Crippen MR) is 225 cm³/mol. The van der Waals surface area contributed by atoms with Gasteiger partial charge in [0.1, 0.15) is 35.6 Å². The van der Waals surface area contributed by atoms with Gasteiger partial charge in [0.05, 0.1) is 18.7 Å². The highest BCUT2D eigenvalue weighted by atomic mass is 35.5. The summed E-state index contributed by atoms with van der Waals surface area (Å²) in [6.45, 7) is 8.46. The molecule has 0 aliphatic carbocycles. The Bertz CT molecular complexity index is 2150. The molecule has 3 heterocycles. The van der Waals surface area contributed by atoms with Gasteiger partial charge in [-0.05, 0) is 60.6 Å². The summed E-state index contributed by atoms with van der Waals surface area (Å²) in [7, 11) is 3.19. The smallest absolute Gasteiger partial charge is 0.271 e. The number of nitrogens with one attached hydrogen (secondary N) is 6. The van der Waals surface area contributed by atoms with Crippen molar-refractivity contribution in [3.8, 4) is 5.75 Å². The molecule has 5 atom stereocenters. The van der Waals surface area contributed by atoms with Crippen molar-refractivity contribution in [2.75, 3.05) is 20.2 Å². The van der Waals surface area contributed by atoms with Crippen LogP contribution in [0.3, 0.4) is 0 Å². The maximum Gasteiger partial charge on any atom is 0.271 e. The van der Waals surface area contributed by atoms with Gasteiger partial charge in [-0.15, -0.1) is 0 Å². The van der Waals surface area contributed by atoms with E-state index in [1.54, 1.807) is 55.4 Å². The molecule has 1 aliphatic rings. The normalized spacial score (nSPS) is 21.6. The summed E-state index contributed by atoms with van der Waals surface area (Å²) in [5, 5.41) is 15.4. The first kappa shape index (κ1) is 44.3. The first-order valence-electron chi connectivity index (χ1n) is 19.8. The first-order chi connectivity index (χ1) is 28.0. The molecule has 6 N–H and O–H groups in total. The standard InChI is InChI=1S/C43H55ClN8O7/c1-24(2)16-33-41(56)49-34(17-27-12-14-30(59-7)15-13-27)40(55)46-26(5)39(54)50-36(25(3)4)22-52(43(58)37-19-29(44)21-51(37)6)23-38(53)47-35(42(57)48-33)18-28-20-45-32-11-9-8-10-31(28)32/h8-15,19-21,24-26,33-36,45H,16-18,22-23H2,1-7H3,(H,46,55)(H,47,53)(H,48,57)(H,49,56)(H,50,54)/t26-,33+,34+,35-,36-/m1/s1. The average Bonchev–Trinajstić information content (AvgIpc) is 3.76. The maximum absolute atomic E-state index is 14.4. The number of halogens is 1. The van der Waals surface area contributed by atoms with E-state index in [2.05, 4.69) is 31.6 Å². The third-order valence-corrected chi connectivity index (χ3v) is 10.6. The van der Waals surface area contributed by atoms with Crippen molar-refractivity contribution in [1.82, 2.24) is 41.0 Å². The second-order valence-electron chi connectivity index (χ2n) is 15.9. The number of hydrogen-bond donors (Lipinski definition) is 6. The molecule has 0 spiro atoms. The van der Waals surface area contributed by atoms with Gasteiger partial charge in [-0.1, -0.05) is 69.6 Å². The number of rotatable bonds is 9. The Labute approximate surface area is 349 Å². The minimum absolute atomic E-state index is 0.0457. The number of para-hydroxylation sites is 1. The zero-order valence-electron chi connectivity index (χ0n) is 34.6. The van der Waals surface area contributed by atoms with Crippen LogP contribution in [0, 0.1) is 11.8 Å². The Balaban J connectivity index is 1.56. The Hall–Kier alpha value is -5.83. The van der Waals surface area contributed by atoms with Crippen LogP contribution in [-0.4, -0.2) is 100 Å². The fourth-order valence-corrected chi connectivity index (χ4v) is 7.31. The van der Waals surface area contributed by atoms with E-state index in [1.807, 2.05) is 52.0 Å². The van der Waals surface area contributed by atoms with Crippen molar-refractivity contribution in [3.63, 3.8) is 0 Å². The van der Waals surface area contributed by atoms with E-state index in [0.29, 0.717) is 16.3 Å². The third kappa shape index (κ3) is 11.6. The number of ether oxygens (including phenoxy) is 1. The molecule has 59 heavy (non-hydrogen) atoms. The Morgan fingerprint density at radius 1 is 0.831 bits per heavy atom. The predicted octanol–water partition coefficient (Wildman–Crippen LogP) is 3.26. The molecule has 0 bridgehead atoms. The first-order valence-corrected chi connectivity index (χ1v) is 20.2. The van der Waals surface area contributed by atoms with E-state index in [4.69, 9.17) is 16.3 Å². The third-order valence-electron chi connectivity index (χ3n) is 10.4. The monoisotopic (exact) mass is 830 g/mol. The van der Waals surface area contributed by atoms with Crippen molar-refractivity contribution in [2.24, 2.45) is 18.9 Å². The Morgan fingerprint density at radius 3 is 2.12 bits per heavy atom. The van der Waals surface area contributed by atoms with Crippen molar-refractivity contribution >= 4 is 57.9 Å². The SMILES string of the molecule is COc1ccc(C[C@@H]2NC(=O)[C@H](CC(C)C)NC(=O)[C@@H](Cc3c[nH]c4ccccc34)NC(=O)CN(C(=O)c3cc(Cl)cn3C)C[C@H](C(C)C)NC(=O)[C@@H](C)NC2=O)cc1. The second kappa shape index (κ2) is 19.7. The maximum atomic E-state index is 14.4. The molecule has 1 fully saturated rings. The lowest BCUT2D eigenvalue weighted by atomic mass is 9.99. The lowest BCUT2D eigenvalue weighted by Crippen LogP contribution is -2.60. The fraction of sp³-hybridized carbons (Fsp3) is 0.442. The highest BCUT2D eigenvalue weighted by Gasteiger charge is 2.34. The lowest BCUT2D eigenvalue weighted by Gasteiger charge is -2.32. The number of benzene rings is 2. The van der Waals surface area contributed by atoms with Crippen LogP contribution in [0.1, 0.15) is 62.7 Å². The number of aromatic nitrogens is 2. The summed E-state index contributed by atoms with van der Waals surface area (Å²) in [6.07, 6.45) is 3.65. The molecule has 2 aromatic carbocycles. The number of amides is 6. The molecule has 0 unspecified atom stereocenters. The summed E-state index contributed by atoms with van der Waals surface area (Å²) < 4.78 is 6.83. The van der Waals surface area contributed by atoms with E-state index in [-0.39, 0.29) is 43.3 Å². The topological polar surface area (TPSA) is 196 Å². The van der Waals surface area contributed by atoms with Crippen LogP contribution in [0.2, 0.25) is 5.02 Å². The van der Waals surface area contributed by atoms with Gasteiger partial charge < -0.3 is 45.8 Å². The molecule has 6 amide bonds. The molecule has 4 aromatic rings. The zero-order chi connectivity index (χ0) is 43.0. The summed E-state index contributed by atoms with van der Waals surface area (Å²) in [5.74, 6) is -3.25. The number of aryl methyl sites for hydroxylation is 1. The number of carbonyl (C=O) groups is 6. The molecular weight excluding hydrogens is 776 g/mol. The lowest BCUT2D eigenvalue weighted by molar-refractivity contribution is -0.135. The number of H-pyrrole nitrogens is 1. The van der Waals surface area contributed by atoms with E-state index < -0.39 is 72.2 Å². The van der Waals surface area contributed by atoms with Crippen LogP contribution in [0.4, 0.5) is 0 Å². The summed E-state index contributed by atoms with van der Waals surface area (Å²) in [5.41, 5.74) is 2.49. The van der Waals surface area contributed by atoms with Gasteiger partial charge in [-0.2, -0.15) is 0 Å². The Morgan fingerprint density at radius 2 is 1.47 bits per heavy atom. The zero-order valence-corrected chi connectivity index (χ0v) is 35.3. The van der Waals surface area contributed by atoms with E-state index in [1.165, 1.54) is 17.9 Å². The summed E-state index contributed by atoms with van der Waals surface area (Å²) >= 11 is 6.26. The van der Waals surface area contributed by atoms with Crippen LogP contribution in [0.15, 0.2) is 67.0 Å². The minimum Gasteiger partial charge on any atom is -0.497 e. The molecule has 316 valence electrons.